The molecule has 6 rings (SSSR count). The largest absolute Gasteiger partial charge is 0.352 e. The number of aromatic nitrogens is 4. The number of imidazole rings is 1. The minimum Gasteiger partial charge on any atom is -0.352 e. The van der Waals surface area contributed by atoms with Gasteiger partial charge in [-0.2, -0.15) is 0 Å². The molecule has 168 valence electrons. The van der Waals surface area contributed by atoms with E-state index in [2.05, 4.69) is 4.90 Å². The van der Waals surface area contributed by atoms with Crippen molar-refractivity contribution in [3.05, 3.63) is 90.4 Å². The van der Waals surface area contributed by atoms with Crippen molar-refractivity contribution in [3.63, 3.8) is 0 Å². The van der Waals surface area contributed by atoms with Gasteiger partial charge < -0.3 is 14.2 Å². The number of benzene rings is 2. The van der Waals surface area contributed by atoms with E-state index in [9.17, 15) is 4.79 Å². The average molecular weight is 449 g/mol. The molecule has 1 saturated heterocycles. The Bertz CT molecular complexity index is 1500. The van der Waals surface area contributed by atoms with Gasteiger partial charge in [0, 0.05) is 49.7 Å². The van der Waals surface area contributed by atoms with Crippen LogP contribution in [0.2, 0.25) is 0 Å². The third-order valence-electron chi connectivity index (χ3n) is 6.36. The lowest BCUT2D eigenvalue weighted by Gasteiger charge is -2.36. The maximum absolute atomic E-state index is 13.2. The van der Waals surface area contributed by atoms with Crippen LogP contribution in [0.5, 0.6) is 0 Å². The minimum atomic E-state index is 0.0349. The Hall–Kier alpha value is -4.26. The van der Waals surface area contributed by atoms with Gasteiger partial charge in [0.2, 0.25) is 0 Å². The van der Waals surface area contributed by atoms with Gasteiger partial charge in [0.05, 0.1) is 22.4 Å². The van der Waals surface area contributed by atoms with Gasteiger partial charge in [0.1, 0.15) is 5.65 Å². The van der Waals surface area contributed by atoms with E-state index in [4.69, 9.17) is 15.0 Å². The van der Waals surface area contributed by atoms with E-state index in [0.29, 0.717) is 18.7 Å². The second-order valence-electron chi connectivity index (χ2n) is 8.57. The van der Waals surface area contributed by atoms with E-state index >= 15 is 0 Å². The molecule has 1 aliphatic rings. The maximum atomic E-state index is 13.2. The zero-order valence-corrected chi connectivity index (χ0v) is 18.9. The number of rotatable bonds is 3. The van der Waals surface area contributed by atoms with Crippen molar-refractivity contribution < 1.29 is 4.79 Å². The highest BCUT2D eigenvalue weighted by atomic mass is 16.2. The fourth-order valence-electron chi connectivity index (χ4n) is 4.55. The van der Waals surface area contributed by atoms with Gasteiger partial charge in [-0.3, -0.25) is 4.79 Å². The number of amides is 1. The molecule has 0 atom stereocenters. The Balaban J connectivity index is 1.19. The predicted molar refractivity (Wildman–Crippen MR) is 133 cm³/mol. The summed E-state index contributed by atoms with van der Waals surface area (Å²) in [7, 11) is 0. The third-order valence-corrected chi connectivity index (χ3v) is 6.36. The molecule has 0 radical (unpaired) electrons. The van der Waals surface area contributed by atoms with Crippen LogP contribution >= 0.6 is 0 Å². The summed E-state index contributed by atoms with van der Waals surface area (Å²) in [5.74, 6) is 0.936. The number of nitrogens with zero attached hydrogens (tertiary/aromatic N) is 6. The molecule has 0 saturated carbocycles. The SMILES string of the molecule is Cc1nc2ccccc2nc1N1CCN(C(=O)c2ccn3cc(-c4ccccc4)nc3c2)CC1. The van der Waals surface area contributed by atoms with Crippen LogP contribution in [0, 0.1) is 6.92 Å². The third kappa shape index (κ3) is 3.65. The number of pyridine rings is 1. The average Bonchev–Trinajstić information content (AvgIpc) is 3.32. The Morgan fingerprint density at radius 3 is 2.29 bits per heavy atom. The Labute approximate surface area is 197 Å². The molecule has 34 heavy (non-hydrogen) atoms. The van der Waals surface area contributed by atoms with Gasteiger partial charge >= 0.3 is 0 Å². The van der Waals surface area contributed by atoms with Crippen LogP contribution in [0.4, 0.5) is 5.82 Å². The van der Waals surface area contributed by atoms with Crippen molar-refractivity contribution in [1.29, 1.82) is 0 Å². The van der Waals surface area contributed by atoms with Crippen molar-refractivity contribution in [2.24, 2.45) is 0 Å². The zero-order valence-electron chi connectivity index (χ0n) is 18.9. The molecule has 0 bridgehead atoms. The fraction of sp³-hybridized carbons (Fsp3) is 0.185. The number of carbonyl (C=O) groups is 1. The number of piperazine rings is 1. The van der Waals surface area contributed by atoms with Crippen molar-refractivity contribution >= 4 is 28.4 Å². The van der Waals surface area contributed by atoms with Gasteiger partial charge in [-0.25, -0.2) is 15.0 Å². The lowest BCUT2D eigenvalue weighted by atomic mass is 10.2. The minimum absolute atomic E-state index is 0.0349. The summed E-state index contributed by atoms with van der Waals surface area (Å²) in [5, 5.41) is 0. The first-order valence-electron chi connectivity index (χ1n) is 11.5. The number of fused-ring (bicyclic) bond motifs is 2. The van der Waals surface area contributed by atoms with E-state index in [1.807, 2.05) is 95.3 Å². The van der Waals surface area contributed by atoms with Crippen molar-refractivity contribution in [2.75, 3.05) is 31.1 Å². The molecule has 1 fully saturated rings. The number of para-hydroxylation sites is 2. The fourth-order valence-corrected chi connectivity index (χ4v) is 4.55. The van der Waals surface area contributed by atoms with Gasteiger partial charge in [0.25, 0.3) is 5.91 Å². The summed E-state index contributed by atoms with van der Waals surface area (Å²) >= 11 is 0. The molecule has 2 aromatic carbocycles. The molecule has 4 heterocycles. The molecule has 1 amide bonds. The zero-order chi connectivity index (χ0) is 23.1. The lowest BCUT2D eigenvalue weighted by Crippen LogP contribution is -2.49. The molecular formula is C27H24N6O. The van der Waals surface area contributed by atoms with Crippen molar-refractivity contribution in [1.82, 2.24) is 24.3 Å². The summed E-state index contributed by atoms with van der Waals surface area (Å²) in [6.45, 7) is 4.73. The van der Waals surface area contributed by atoms with Crippen LogP contribution in [-0.4, -0.2) is 56.3 Å². The summed E-state index contributed by atoms with van der Waals surface area (Å²) in [5.41, 5.74) is 6.09. The smallest absolute Gasteiger partial charge is 0.254 e. The van der Waals surface area contributed by atoms with Gasteiger partial charge in [-0.15, -0.1) is 0 Å². The highest BCUT2D eigenvalue weighted by Gasteiger charge is 2.24. The topological polar surface area (TPSA) is 66.6 Å². The quantitative estimate of drug-likeness (QED) is 0.414. The molecule has 7 nitrogen and oxygen atoms in total. The maximum Gasteiger partial charge on any atom is 0.254 e. The highest BCUT2D eigenvalue weighted by molar-refractivity contribution is 5.95. The molecule has 5 aromatic rings. The lowest BCUT2D eigenvalue weighted by molar-refractivity contribution is 0.0746. The number of hydrogen-bond acceptors (Lipinski definition) is 5. The van der Waals surface area contributed by atoms with Crippen LogP contribution < -0.4 is 4.90 Å². The van der Waals surface area contributed by atoms with Crippen molar-refractivity contribution in [2.45, 2.75) is 6.92 Å². The van der Waals surface area contributed by atoms with Crippen LogP contribution in [-0.2, 0) is 0 Å². The number of anilines is 1. The van der Waals surface area contributed by atoms with E-state index in [-0.39, 0.29) is 5.91 Å². The first-order valence-corrected chi connectivity index (χ1v) is 11.5. The van der Waals surface area contributed by atoms with E-state index in [0.717, 1.165) is 52.5 Å². The van der Waals surface area contributed by atoms with Crippen molar-refractivity contribution in [3.8, 4) is 11.3 Å². The monoisotopic (exact) mass is 448 g/mol. The van der Waals surface area contributed by atoms with Gasteiger partial charge in [-0.1, -0.05) is 42.5 Å². The first-order chi connectivity index (χ1) is 16.7. The molecule has 7 heteroatoms. The summed E-state index contributed by atoms with van der Waals surface area (Å²) in [4.78, 5) is 31.7. The second kappa shape index (κ2) is 8.26. The second-order valence-corrected chi connectivity index (χ2v) is 8.57. The molecule has 3 aromatic heterocycles. The number of aryl methyl sites for hydroxylation is 1. The first kappa shape index (κ1) is 20.4. The highest BCUT2D eigenvalue weighted by Crippen LogP contribution is 2.23. The van der Waals surface area contributed by atoms with Crippen LogP contribution in [0.3, 0.4) is 0 Å². The predicted octanol–water partition coefficient (Wildman–Crippen LogP) is 4.22. The van der Waals surface area contributed by atoms with E-state index in [1.165, 1.54) is 0 Å². The van der Waals surface area contributed by atoms with Gasteiger partial charge in [-0.05, 0) is 31.2 Å². The summed E-state index contributed by atoms with van der Waals surface area (Å²) in [6, 6.07) is 21.7. The molecule has 0 N–H and O–H groups in total. The Morgan fingerprint density at radius 2 is 1.53 bits per heavy atom. The molecule has 1 aliphatic heterocycles. The standard InChI is InChI=1S/C27H24N6O/c1-19-26(30-23-10-6-5-9-22(23)28-19)31-13-15-32(16-14-31)27(34)21-11-12-33-18-24(29-25(33)17-21)20-7-3-2-4-8-20/h2-12,17-18H,13-16H2,1H3. The van der Waals surface area contributed by atoms with Crippen LogP contribution in [0.1, 0.15) is 16.1 Å². The molecule has 0 aliphatic carbocycles. The van der Waals surface area contributed by atoms with Gasteiger partial charge in [0.15, 0.2) is 5.82 Å². The normalized spacial score (nSPS) is 14.1. The number of hydrogen-bond donors (Lipinski definition) is 0. The molecule has 0 spiro atoms. The summed E-state index contributed by atoms with van der Waals surface area (Å²) < 4.78 is 1.96. The summed E-state index contributed by atoms with van der Waals surface area (Å²) in [6.07, 6.45) is 3.90. The van der Waals surface area contributed by atoms with E-state index in [1.54, 1.807) is 0 Å². The van der Waals surface area contributed by atoms with Crippen LogP contribution in [0.15, 0.2) is 79.1 Å². The van der Waals surface area contributed by atoms with Crippen LogP contribution in [0.25, 0.3) is 27.9 Å². The Morgan fingerprint density at radius 1 is 0.824 bits per heavy atom. The van der Waals surface area contributed by atoms with E-state index < -0.39 is 0 Å². The molecule has 0 unspecified atom stereocenters. The Kier molecular flexibility index (Phi) is 4.95. The molecular weight excluding hydrogens is 424 g/mol. The number of carbonyl (C=O) groups excluding carboxylic acids is 1.